The molecule has 1 N–H and O–H groups in total. The van der Waals surface area contributed by atoms with Gasteiger partial charge in [-0.15, -0.1) is 0 Å². The summed E-state index contributed by atoms with van der Waals surface area (Å²) in [5.74, 6) is -2.24. The topological polar surface area (TPSA) is 38.3 Å². The predicted molar refractivity (Wildman–Crippen MR) is 62.7 cm³/mol. The van der Waals surface area contributed by atoms with Crippen LogP contribution < -0.4 is 5.32 Å². The Kier molecular flexibility index (Phi) is 5.33. The molecule has 10 heteroatoms. The number of halogens is 6. The summed E-state index contributed by atoms with van der Waals surface area (Å²) in [6.45, 7) is 6.06. The van der Waals surface area contributed by atoms with Gasteiger partial charge in [0, 0.05) is 5.54 Å². The van der Waals surface area contributed by atoms with Crippen LogP contribution in [-0.4, -0.2) is 38.4 Å². The van der Waals surface area contributed by atoms with E-state index in [0.717, 1.165) is 13.1 Å². The summed E-state index contributed by atoms with van der Waals surface area (Å²) in [7, 11) is -2.82. The molecular formula is C10H17F6NO2Si. The number of alkyl halides is 6. The van der Waals surface area contributed by atoms with E-state index in [1.807, 2.05) is 0 Å². The molecule has 0 fully saturated rings. The maximum Gasteiger partial charge on any atom is 0.434 e. The van der Waals surface area contributed by atoms with E-state index in [1.54, 1.807) is 5.32 Å². The van der Waals surface area contributed by atoms with E-state index in [9.17, 15) is 31.1 Å². The monoisotopic (exact) mass is 325 g/mol. The van der Waals surface area contributed by atoms with E-state index in [2.05, 4.69) is 4.43 Å². The van der Waals surface area contributed by atoms with E-state index in [1.165, 1.54) is 20.8 Å². The number of amides is 1. The van der Waals surface area contributed by atoms with Gasteiger partial charge in [-0.1, -0.05) is 0 Å². The number of hydrogen-bond acceptors (Lipinski definition) is 2. The first-order chi connectivity index (χ1) is 8.54. The molecule has 0 saturated heterocycles. The highest BCUT2D eigenvalue weighted by Crippen LogP contribution is 2.46. The molecule has 0 aliphatic carbocycles. The average molecular weight is 325 g/mol. The summed E-state index contributed by atoms with van der Waals surface area (Å²) in [6, 6.07) is 0. The van der Waals surface area contributed by atoms with Crippen molar-refractivity contribution < 1.29 is 35.6 Å². The van der Waals surface area contributed by atoms with E-state index in [0.29, 0.717) is 0 Å². The van der Waals surface area contributed by atoms with Crippen molar-refractivity contribution in [3.63, 3.8) is 0 Å². The third-order valence-corrected chi connectivity index (χ3v) is 2.84. The number of carbonyl (C=O) groups excluding carboxylic acids is 1. The van der Waals surface area contributed by atoms with E-state index >= 15 is 0 Å². The van der Waals surface area contributed by atoms with Gasteiger partial charge in [-0.05, 0) is 33.9 Å². The third-order valence-electron chi connectivity index (χ3n) is 2.02. The fourth-order valence-electron chi connectivity index (χ4n) is 1.39. The second-order valence-electron chi connectivity index (χ2n) is 5.55. The van der Waals surface area contributed by atoms with Crippen molar-refractivity contribution in [2.75, 3.05) is 0 Å². The molecular weight excluding hydrogens is 308 g/mol. The molecule has 0 aromatic rings. The molecule has 0 aromatic heterocycles. The molecule has 0 radical (unpaired) electrons. The lowest BCUT2D eigenvalue weighted by atomic mass is 9.99. The molecule has 0 aliphatic rings. The van der Waals surface area contributed by atoms with Crippen LogP contribution in [0.1, 0.15) is 20.8 Å². The number of carbonyl (C=O) groups is 1. The predicted octanol–water partition coefficient (Wildman–Crippen LogP) is 2.76. The molecule has 0 saturated carbocycles. The van der Waals surface area contributed by atoms with E-state index in [4.69, 9.17) is 0 Å². The number of rotatable bonds is 3. The zero-order chi connectivity index (χ0) is 16.6. The first-order valence-electron chi connectivity index (χ1n) is 5.68. The van der Waals surface area contributed by atoms with Crippen LogP contribution in [0.4, 0.5) is 26.3 Å². The first kappa shape index (κ1) is 19.2. The van der Waals surface area contributed by atoms with Gasteiger partial charge < -0.3 is 9.74 Å². The van der Waals surface area contributed by atoms with Crippen LogP contribution in [0.3, 0.4) is 0 Å². The lowest BCUT2D eigenvalue weighted by molar-refractivity contribution is -0.342. The Balaban J connectivity index is 5.96. The lowest BCUT2D eigenvalue weighted by Crippen LogP contribution is -2.70. The molecule has 120 valence electrons. The number of nitrogens with one attached hydrogen (secondary N) is 1. The van der Waals surface area contributed by atoms with Crippen molar-refractivity contribution in [3.8, 4) is 0 Å². The summed E-state index contributed by atoms with van der Waals surface area (Å²) >= 11 is 0. The van der Waals surface area contributed by atoms with Crippen LogP contribution in [0.15, 0.2) is 0 Å². The van der Waals surface area contributed by atoms with Crippen molar-refractivity contribution in [3.05, 3.63) is 0 Å². The molecule has 0 atom stereocenters. The summed E-state index contributed by atoms with van der Waals surface area (Å²) in [5.41, 5.74) is -6.09. The third kappa shape index (κ3) is 4.11. The zero-order valence-corrected chi connectivity index (χ0v) is 12.8. The molecule has 3 nitrogen and oxygen atoms in total. The molecule has 0 bridgehead atoms. The maximum absolute atomic E-state index is 13.0. The largest absolute Gasteiger partial charge is 0.434 e. The summed E-state index contributed by atoms with van der Waals surface area (Å²) in [5, 5.41) is 1.70. The molecule has 0 unspecified atom stereocenters. The van der Waals surface area contributed by atoms with Crippen molar-refractivity contribution >= 4 is 14.9 Å². The minimum Gasteiger partial charge on any atom is -0.393 e. The van der Waals surface area contributed by atoms with Crippen LogP contribution in [-0.2, 0) is 9.22 Å². The first-order valence-corrected chi connectivity index (χ1v) is 8.46. The van der Waals surface area contributed by atoms with Gasteiger partial charge in [0.25, 0.3) is 5.91 Å². The molecule has 0 aromatic carbocycles. The van der Waals surface area contributed by atoms with Gasteiger partial charge in [0.15, 0.2) is 9.04 Å². The van der Waals surface area contributed by atoms with Crippen LogP contribution in [0, 0.1) is 0 Å². The standard InChI is InChI=1S/C10H17F6NO2Si/c1-7(2,3)17-6(18)8(9(11,12)13,10(14,15)16)19-20(4)5/h20H,1-5H3,(H,17,18). The smallest absolute Gasteiger partial charge is 0.393 e. The van der Waals surface area contributed by atoms with Gasteiger partial charge in [0.05, 0.1) is 0 Å². The van der Waals surface area contributed by atoms with Crippen LogP contribution in [0.5, 0.6) is 0 Å². The van der Waals surface area contributed by atoms with Gasteiger partial charge in [0.1, 0.15) is 0 Å². The Labute approximate surface area is 114 Å². The van der Waals surface area contributed by atoms with Crippen LogP contribution in [0.2, 0.25) is 13.1 Å². The van der Waals surface area contributed by atoms with Gasteiger partial charge >= 0.3 is 18.0 Å². The Morgan fingerprint density at radius 2 is 1.30 bits per heavy atom. The summed E-state index contributed by atoms with van der Waals surface area (Å²) in [4.78, 5) is 11.7. The normalized spacial score (nSPS) is 14.6. The fraction of sp³-hybridized carbons (Fsp3) is 0.900. The number of hydrogen-bond donors (Lipinski definition) is 1. The van der Waals surface area contributed by atoms with Crippen LogP contribution in [0.25, 0.3) is 0 Å². The SMILES string of the molecule is C[SiH](C)OC(C(=O)NC(C)(C)C)(C(F)(F)F)C(F)(F)F. The molecule has 20 heavy (non-hydrogen) atoms. The molecule has 0 aliphatic heterocycles. The summed E-state index contributed by atoms with van der Waals surface area (Å²) in [6.07, 6.45) is -11.8. The molecule has 0 rings (SSSR count). The van der Waals surface area contributed by atoms with E-state index in [-0.39, 0.29) is 0 Å². The summed E-state index contributed by atoms with van der Waals surface area (Å²) < 4.78 is 82.0. The lowest BCUT2D eigenvalue weighted by Gasteiger charge is -2.38. The quantitative estimate of drug-likeness (QED) is 0.640. The highest BCUT2D eigenvalue weighted by Gasteiger charge is 2.77. The molecule has 1 amide bonds. The van der Waals surface area contributed by atoms with Crippen LogP contribution >= 0.6 is 0 Å². The molecule has 0 heterocycles. The second-order valence-corrected chi connectivity index (χ2v) is 7.88. The van der Waals surface area contributed by atoms with Gasteiger partial charge in [-0.3, -0.25) is 4.79 Å². The minimum absolute atomic E-state index is 1.12. The Morgan fingerprint density at radius 1 is 0.950 bits per heavy atom. The van der Waals surface area contributed by atoms with Gasteiger partial charge in [-0.25, -0.2) is 0 Å². The van der Waals surface area contributed by atoms with Crippen molar-refractivity contribution in [2.45, 2.75) is 57.4 Å². The van der Waals surface area contributed by atoms with Crippen molar-refractivity contribution in [1.82, 2.24) is 5.32 Å². The fourth-order valence-corrected chi connectivity index (χ4v) is 2.47. The average Bonchev–Trinajstić information content (AvgIpc) is 2.05. The zero-order valence-electron chi connectivity index (χ0n) is 11.7. The van der Waals surface area contributed by atoms with Gasteiger partial charge in [0.2, 0.25) is 0 Å². The van der Waals surface area contributed by atoms with Crippen molar-refractivity contribution in [2.24, 2.45) is 0 Å². The van der Waals surface area contributed by atoms with Crippen molar-refractivity contribution in [1.29, 1.82) is 0 Å². The second kappa shape index (κ2) is 5.55. The van der Waals surface area contributed by atoms with E-state index < -0.39 is 38.4 Å². The maximum atomic E-state index is 13.0. The highest BCUT2D eigenvalue weighted by molar-refractivity contribution is 6.48. The highest BCUT2D eigenvalue weighted by atomic mass is 28.3. The Hall–Kier alpha value is -0.773. The minimum atomic E-state index is -5.90. The Morgan fingerprint density at radius 3 is 1.50 bits per heavy atom. The molecule has 0 spiro atoms. The Bertz CT molecular complexity index is 344. The van der Waals surface area contributed by atoms with Gasteiger partial charge in [-0.2, -0.15) is 26.3 Å².